The molecule has 7 heteroatoms. The third-order valence-corrected chi connectivity index (χ3v) is 7.63. The maximum Gasteiger partial charge on any atom is 0.321 e. The summed E-state index contributed by atoms with van der Waals surface area (Å²) in [5.41, 5.74) is 5.09. The van der Waals surface area contributed by atoms with E-state index in [-0.39, 0.29) is 6.03 Å². The number of ether oxygens (including phenoxy) is 2. The summed E-state index contributed by atoms with van der Waals surface area (Å²) in [5, 5.41) is 3.07. The minimum Gasteiger partial charge on any atom is -0.493 e. The van der Waals surface area contributed by atoms with Crippen LogP contribution in [-0.4, -0.2) is 74.4 Å². The zero-order valence-electron chi connectivity index (χ0n) is 23.3. The number of nitrogens with zero attached hydrogens (tertiary/aromatic N) is 3. The van der Waals surface area contributed by atoms with Crippen molar-refractivity contribution in [2.75, 3.05) is 56.7 Å². The standard InChI is InChI=1S/C30H44N4O3/c1-22(2)34(23(3)4)19-20-37-29-21-25(13-14-28(29)36-5)31-30(35)33-17-15-32(16-18-33)27-12-8-10-24-9-6-7-11-26(24)27/h8,10,12-14,21-23H,6-7,9,11,15-20H2,1-5H3,(H,31,35). The Labute approximate surface area is 222 Å². The summed E-state index contributed by atoms with van der Waals surface area (Å²) in [6.45, 7) is 13.3. The first-order chi connectivity index (χ1) is 17.9. The highest BCUT2D eigenvalue weighted by Gasteiger charge is 2.24. The van der Waals surface area contributed by atoms with Crippen LogP contribution < -0.4 is 19.7 Å². The van der Waals surface area contributed by atoms with Gasteiger partial charge in [-0.3, -0.25) is 4.90 Å². The van der Waals surface area contributed by atoms with E-state index in [0.717, 1.165) is 19.6 Å². The number of methoxy groups -OCH3 is 1. The number of fused-ring (bicyclic) bond motifs is 1. The van der Waals surface area contributed by atoms with E-state index in [1.165, 1.54) is 42.5 Å². The molecule has 37 heavy (non-hydrogen) atoms. The van der Waals surface area contributed by atoms with Crippen LogP contribution in [0.4, 0.5) is 16.2 Å². The number of hydrogen-bond donors (Lipinski definition) is 1. The van der Waals surface area contributed by atoms with Gasteiger partial charge in [0.2, 0.25) is 0 Å². The van der Waals surface area contributed by atoms with Gasteiger partial charge in [-0.2, -0.15) is 0 Å². The van der Waals surface area contributed by atoms with Crippen LogP contribution in [0, 0.1) is 0 Å². The molecule has 1 fully saturated rings. The van der Waals surface area contributed by atoms with Gasteiger partial charge in [-0.25, -0.2) is 4.79 Å². The molecule has 1 N–H and O–H groups in total. The van der Waals surface area contributed by atoms with E-state index >= 15 is 0 Å². The predicted octanol–water partition coefficient (Wildman–Crippen LogP) is 5.43. The fourth-order valence-corrected chi connectivity index (χ4v) is 5.65. The third-order valence-electron chi connectivity index (χ3n) is 7.63. The summed E-state index contributed by atoms with van der Waals surface area (Å²) in [7, 11) is 1.64. The number of hydrogen-bond acceptors (Lipinski definition) is 5. The lowest BCUT2D eigenvalue weighted by atomic mass is 9.90. The lowest BCUT2D eigenvalue weighted by Gasteiger charge is -2.37. The van der Waals surface area contributed by atoms with Crippen molar-refractivity contribution in [2.24, 2.45) is 0 Å². The molecule has 0 bridgehead atoms. The van der Waals surface area contributed by atoms with Gasteiger partial charge < -0.3 is 24.6 Å². The van der Waals surface area contributed by atoms with Crippen LogP contribution >= 0.6 is 0 Å². The van der Waals surface area contributed by atoms with Gasteiger partial charge in [-0.05, 0) is 82.7 Å². The van der Waals surface area contributed by atoms with Crippen molar-refractivity contribution in [1.29, 1.82) is 0 Å². The summed E-state index contributed by atoms with van der Waals surface area (Å²) in [5.74, 6) is 1.31. The molecule has 0 aromatic heterocycles. The molecule has 0 atom stereocenters. The Morgan fingerprint density at radius 1 is 0.973 bits per heavy atom. The number of amides is 2. The Bertz CT molecular complexity index is 1040. The zero-order valence-corrected chi connectivity index (χ0v) is 23.3. The molecule has 1 aliphatic carbocycles. The van der Waals surface area contributed by atoms with Gasteiger partial charge in [0, 0.05) is 62.2 Å². The number of urea groups is 1. The van der Waals surface area contributed by atoms with Gasteiger partial charge in [0.05, 0.1) is 7.11 Å². The maximum absolute atomic E-state index is 13.1. The molecule has 2 aromatic rings. The van der Waals surface area contributed by atoms with Crippen LogP contribution in [0.1, 0.15) is 51.7 Å². The molecular weight excluding hydrogens is 464 g/mol. The highest BCUT2D eigenvalue weighted by molar-refractivity contribution is 5.90. The normalized spacial score (nSPS) is 15.8. The highest BCUT2D eigenvalue weighted by Crippen LogP contribution is 2.32. The third kappa shape index (κ3) is 6.69. The monoisotopic (exact) mass is 508 g/mol. The fraction of sp³-hybridized carbons (Fsp3) is 0.567. The number of carbonyl (C=O) groups is 1. The maximum atomic E-state index is 13.1. The lowest BCUT2D eigenvalue weighted by Crippen LogP contribution is -2.50. The van der Waals surface area contributed by atoms with Crippen LogP contribution in [0.2, 0.25) is 0 Å². The predicted molar refractivity (Wildman–Crippen MR) is 151 cm³/mol. The lowest BCUT2D eigenvalue weighted by molar-refractivity contribution is 0.140. The Morgan fingerprint density at radius 3 is 2.41 bits per heavy atom. The quantitative estimate of drug-likeness (QED) is 0.490. The Balaban J connectivity index is 1.33. The summed E-state index contributed by atoms with van der Waals surface area (Å²) >= 11 is 0. The van der Waals surface area contributed by atoms with Crippen molar-refractivity contribution in [3.63, 3.8) is 0 Å². The Hall–Kier alpha value is -2.93. The SMILES string of the molecule is COc1ccc(NC(=O)N2CCN(c3cccc4c3CCCC4)CC2)cc1OCCN(C(C)C)C(C)C. The topological polar surface area (TPSA) is 57.3 Å². The molecule has 0 radical (unpaired) electrons. The zero-order chi connectivity index (χ0) is 26.4. The van der Waals surface area contributed by atoms with Gasteiger partial charge in [0.25, 0.3) is 0 Å². The van der Waals surface area contributed by atoms with E-state index < -0.39 is 0 Å². The van der Waals surface area contributed by atoms with Crippen molar-refractivity contribution in [1.82, 2.24) is 9.80 Å². The van der Waals surface area contributed by atoms with Crippen molar-refractivity contribution in [3.05, 3.63) is 47.5 Å². The van der Waals surface area contributed by atoms with E-state index in [9.17, 15) is 4.79 Å². The van der Waals surface area contributed by atoms with Gasteiger partial charge in [0.1, 0.15) is 6.61 Å². The largest absolute Gasteiger partial charge is 0.493 e. The second-order valence-electron chi connectivity index (χ2n) is 10.7. The molecule has 0 saturated carbocycles. The molecule has 2 amide bonds. The second kappa shape index (κ2) is 12.5. The minimum absolute atomic E-state index is 0.0725. The number of anilines is 2. The van der Waals surface area contributed by atoms with E-state index in [1.807, 2.05) is 23.1 Å². The second-order valence-corrected chi connectivity index (χ2v) is 10.7. The van der Waals surface area contributed by atoms with E-state index in [4.69, 9.17) is 9.47 Å². The molecule has 202 valence electrons. The Morgan fingerprint density at radius 2 is 1.70 bits per heavy atom. The smallest absolute Gasteiger partial charge is 0.321 e. The summed E-state index contributed by atoms with van der Waals surface area (Å²) in [4.78, 5) is 19.8. The van der Waals surface area contributed by atoms with Crippen LogP contribution in [-0.2, 0) is 12.8 Å². The summed E-state index contributed by atoms with van der Waals surface area (Å²) in [6.07, 6.45) is 4.92. The van der Waals surface area contributed by atoms with E-state index in [0.29, 0.717) is 49.0 Å². The molecule has 2 aliphatic rings. The first kappa shape index (κ1) is 27.1. The van der Waals surface area contributed by atoms with Crippen LogP contribution in [0.3, 0.4) is 0 Å². The van der Waals surface area contributed by atoms with E-state index in [1.54, 1.807) is 7.11 Å². The molecule has 0 spiro atoms. The number of nitrogens with one attached hydrogen (secondary N) is 1. The van der Waals surface area contributed by atoms with Gasteiger partial charge in [-0.1, -0.05) is 12.1 Å². The summed E-state index contributed by atoms with van der Waals surface area (Å²) in [6, 6.07) is 13.1. The van der Waals surface area contributed by atoms with Crippen molar-refractivity contribution < 1.29 is 14.3 Å². The average molecular weight is 509 g/mol. The highest BCUT2D eigenvalue weighted by atomic mass is 16.5. The van der Waals surface area contributed by atoms with E-state index in [2.05, 4.69) is 61.0 Å². The molecule has 1 aliphatic heterocycles. The van der Waals surface area contributed by atoms with Crippen molar-refractivity contribution >= 4 is 17.4 Å². The Kier molecular flexibility index (Phi) is 9.19. The first-order valence-corrected chi connectivity index (χ1v) is 13.9. The number of benzene rings is 2. The summed E-state index contributed by atoms with van der Waals surface area (Å²) < 4.78 is 11.6. The number of piperazine rings is 1. The number of aryl methyl sites for hydroxylation is 1. The molecule has 1 saturated heterocycles. The molecule has 1 heterocycles. The number of rotatable bonds is 9. The van der Waals surface area contributed by atoms with Crippen molar-refractivity contribution in [2.45, 2.75) is 65.5 Å². The minimum atomic E-state index is -0.0725. The fourth-order valence-electron chi connectivity index (χ4n) is 5.65. The van der Waals surface area contributed by atoms with Crippen LogP contribution in [0.15, 0.2) is 36.4 Å². The molecule has 4 rings (SSSR count). The van der Waals surface area contributed by atoms with Crippen LogP contribution in [0.5, 0.6) is 11.5 Å². The molecule has 7 nitrogen and oxygen atoms in total. The van der Waals surface area contributed by atoms with Gasteiger partial charge in [-0.15, -0.1) is 0 Å². The van der Waals surface area contributed by atoms with Crippen molar-refractivity contribution in [3.8, 4) is 11.5 Å². The van der Waals surface area contributed by atoms with Gasteiger partial charge in [0.15, 0.2) is 11.5 Å². The number of carbonyl (C=O) groups excluding carboxylic acids is 1. The molecular formula is C30H44N4O3. The first-order valence-electron chi connectivity index (χ1n) is 13.9. The average Bonchev–Trinajstić information content (AvgIpc) is 2.90. The molecule has 2 aromatic carbocycles. The molecule has 0 unspecified atom stereocenters. The van der Waals surface area contributed by atoms with Gasteiger partial charge >= 0.3 is 6.03 Å². The van der Waals surface area contributed by atoms with Crippen LogP contribution in [0.25, 0.3) is 0 Å².